The number of anilines is 2. The molecule has 0 radical (unpaired) electrons. The zero-order valence-corrected chi connectivity index (χ0v) is 14.7. The van der Waals surface area contributed by atoms with Crippen LogP contribution in [0.1, 0.15) is 26.7 Å². The first kappa shape index (κ1) is 18.4. The van der Waals surface area contributed by atoms with Crippen LogP contribution in [-0.2, 0) is 0 Å². The summed E-state index contributed by atoms with van der Waals surface area (Å²) < 4.78 is 0. The highest BCUT2D eigenvalue weighted by molar-refractivity contribution is 5.48. The van der Waals surface area contributed by atoms with Crippen molar-refractivity contribution in [3.05, 3.63) is 36.2 Å². The van der Waals surface area contributed by atoms with E-state index in [0.717, 1.165) is 56.2 Å². The Labute approximate surface area is 144 Å². The summed E-state index contributed by atoms with van der Waals surface area (Å²) in [6, 6.07) is 1.94. The zero-order valence-electron chi connectivity index (χ0n) is 14.7. The van der Waals surface area contributed by atoms with E-state index in [1.165, 1.54) is 0 Å². The van der Waals surface area contributed by atoms with Gasteiger partial charge in [0.15, 0.2) is 0 Å². The van der Waals surface area contributed by atoms with Crippen molar-refractivity contribution in [1.29, 1.82) is 0 Å². The summed E-state index contributed by atoms with van der Waals surface area (Å²) in [5.74, 6) is 1.64. The summed E-state index contributed by atoms with van der Waals surface area (Å²) in [7, 11) is 0. The molecule has 1 aliphatic rings. The summed E-state index contributed by atoms with van der Waals surface area (Å²) in [5, 5.41) is 16.8. The number of allylic oxidation sites excluding steroid dienone is 2. The molecule has 0 aromatic carbocycles. The van der Waals surface area contributed by atoms with Gasteiger partial charge in [0.05, 0.1) is 6.10 Å². The van der Waals surface area contributed by atoms with Crippen LogP contribution in [0.15, 0.2) is 36.2 Å². The minimum atomic E-state index is -0.518. The normalized spacial score (nSPS) is 15.0. The quantitative estimate of drug-likeness (QED) is 0.569. The first-order chi connectivity index (χ1) is 11.7. The molecule has 1 atom stereocenters. The third-order valence-electron chi connectivity index (χ3n) is 4.05. The maximum atomic E-state index is 10.3. The van der Waals surface area contributed by atoms with Crippen LogP contribution >= 0.6 is 0 Å². The predicted octanol–water partition coefficient (Wildman–Crippen LogP) is 1.96. The van der Waals surface area contributed by atoms with E-state index in [2.05, 4.69) is 51.5 Å². The lowest BCUT2D eigenvalue weighted by Crippen LogP contribution is -2.32. The van der Waals surface area contributed by atoms with Gasteiger partial charge in [0.25, 0.3) is 0 Å². The van der Waals surface area contributed by atoms with Gasteiger partial charge in [-0.1, -0.05) is 25.2 Å². The number of likely N-dealkylation sites (N-methyl/N-ethyl adjacent to an activating group) is 2. The predicted molar refractivity (Wildman–Crippen MR) is 99.4 cm³/mol. The van der Waals surface area contributed by atoms with Gasteiger partial charge in [0.2, 0.25) is 0 Å². The van der Waals surface area contributed by atoms with Gasteiger partial charge in [-0.3, -0.25) is 0 Å². The molecular formula is C18H29N5O. The molecule has 24 heavy (non-hydrogen) atoms. The second kappa shape index (κ2) is 10.1. The minimum absolute atomic E-state index is 0.441. The van der Waals surface area contributed by atoms with Gasteiger partial charge in [-0.15, -0.1) is 0 Å². The third-order valence-corrected chi connectivity index (χ3v) is 4.05. The fourth-order valence-electron chi connectivity index (χ4n) is 2.64. The van der Waals surface area contributed by atoms with Gasteiger partial charge in [-0.25, -0.2) is 9.97 Å². The van der Waals surface area contributed by atoms with Crippen molar-refractivity contribution >= 4 is 11.6 Å². The van der Waals surface area contributed by atoms with Crippen LogP contribution in [0.4, 0.5) is 11.6 Å². The summed E-state index contributed by atoms with van der Waals surface area (Å²) in [6.45, 7) is 8.35. The Balaban J connectivity index is 1.91. The SMILES string of the molecule is CCNCCN(CC)c1cc(NC[C@H](O)C2=CCCC=C2)ncn1. The minimum Gasteiger partial charge on any atom is -0.387 e. The van der Waals surface area contributed by atoms with Gasteiger partial charge in [0.1, 0.15) is 18.0 Å². The standard InChI is InChI=1S/C18H29N5O/c1-3-19-10-11-23(4-2)18-12-17(21-14-22-18)20-13-16(24)15-8-6-5-7-9-15/h6,8-9,12,14,16,19,24H,3-5,7,10-11,13H2,1-2H3,(H,20,21,22)/t16-/m0/s1. The molecule has 132 valence electrons. The summed E-state index contributed by atoms with van der Waals surface area (Å²) in [6.07, 6.45) is 9.30. The van der Waals surface area contributed by atoms with Crippen LogP contribution < -0.4 is 15.5 Å². The summed E-state index contributed by atoms with van der Waals surface area (Å²) in [5.41, 5.74) is 0.976. The highest BCUT2D eigenvalue weighted by Gasteiger charge is 2.11. The fraction of sp³-hybridized carbons (Fsp3) is 0.556. The van der Waals surface area contributed by atoms with Gasteiger partial charge < -0.3 is 20.6 Å². The Bertz CT molecular complexity index is 558. The highest BCUT2D eigenvalue weighted by atomic mass is 16.3. The van der Waals surface area contributed by atoms with Crippen LogP contribution in [0.25, 0.3) is 0 Å². The van der Waals surface area contributed by atoms with E-state index in [4.69, 9.17) is 0 Å². The van der Waals surface area contributed by atoms with Crippen molar-refractivity contribution in [1.82, 2.24) is 15.3 Å². The molecule has 0 saturated carbocycles. The number of aliphatic hydroxyl groups is 1. The second-order valence-electron chi connectivity index (χ2n) is 5.78. The molecule has 1 heterocycles. The molecule has 1 aromatic rings. The van der Waals surface area contributed by atoms with E-state index in [0.29, 0.717) is 6.54 Å². The van der Waals surface area contributed by atoms with Crippen molar-refractivity contribution in [3.63, 3.8) is 0 Å². The number of aliphatic hydroxyl groups excluding tert-OH is 1. The van der Waals surface area contributed by atoms with Crippen LogP contribution in [0.3, 0.4) is 0 Å². The molecule has 6 nitrogen and oxygen atoms in total. The van der Waals surface area contributed by atoms with Crippen molar-refractivity contribution in [3.8, 4) is 0 Å². The van der Waals surface area contributed by atoms with Crippen molar-refractivity contribution in [2.45, 2.75) is 32.8 Å². The molecule has 1 aliphatic carbocycles. The van der Waals surface area contributed by atoms with E-state index in [-0.39, 0.29) is 0 Å². The maximum Gasteiger partial charge on any atom is 0.134 e. The van der Waals surface area contributed by atoms with Crippen LogP contribution in [0.2, 0.25) is 0 Å². The Kier molecular flexibility index (Phi) is 7.71. The Morgan fingerprint density at radius 2 is 2.17 bits per heavy atom. The van der Waals surface area contributed by atoms with Gasteiger partial charge in [0, 0.05) is 32.2 Å². The van der Waals surface area contributed by atoms with E-state index in [1.54, 1.807) is 6.33 Å². The van der Waals surface area contributed by atoms with Crippen molar-refractivity contribution in [2.75, 3.05) is 42.9 Å². The van der Waals surface area contributed by atoms with Crippen molar-refractivity contribution < 1.29 is 5.11 Å². The molecule has 0 saturated heterocycles. The number of nitrogens with one attached hydrogen (secondary N) is 2. The van der Waals surface area contributed by atoms with Crippen LogP contribution in [-0.4, -0.2) is 53.9 Å². The van der Waals surface area contributed by atoms with Crippen LogP contribution in [0.5, 0.6) is 0 Å². The van der Waals surface area contributed by atoms with E-state index in [9.17, 15) is 5.11 Å². The number of hydrogen-bond acceptors (Lipinski definition) is 6. The van der Waals surface area contributed by atoms with E-state index < -0.39 is 6.10 Å². The van der Waals surface area contributed by atoms with E-state index >= 15 is 0 Å². The highest BCUT2D eigenvalue weighted by Crippen LogP contribution is 2.16. The number of hydrogen-bond donors (Lipinski definition) is 3. The third kappa shape index (κ3) is 5.62. The second-order valence-corrected chi connectivity index (χ2v) is 5.78. The molecule has 1 aromatic heterocycles. The maximum absolute atomic E-state index is 10.3. The Morgan fingerprint density at radius 3 is 2.88 bits per heavy atom. The summed E-state index contributed by atoms with van der Waals surface area (Å²) in [4.78, 5) is 10.8. The molecule has 6 heteroatoms. The lowest BCUT2D eigenvalue weighted by Gasteiger charge is -2.22. The Morgan fingerprint density at radius 1 is 1.29 bits per heavy atom. The van der Waals surface area contributed by atoms with Crippen LogP contribution in [0, 0.1) is 0 Å². The molecule has 0 spiro atoms. The average molecular weight is 331 g/mol. The monoisotopic (exact) mass is 331 g/mol. The fourth-order valence-corrected chi connectivity index (χ4v) is 2.64. The molecule has 2 rings (SSSR count). The van der Waals surface area contributed by atoms with E-state index in [1.807, 2.05) is 12.1 Å². The molecule has 0 aliphatic heterocycles. The number of nitrogens with zero attached hydrogens (tertiary/aromatic N) is 3. The molecule has 3 N–H and O–H groups in total. The zero-order chi connectivity index (χ0) is 17.2. The largest absolute Gasteiger partial charge is 0.387 e. The first-order valence-corrected chi connectivity index (χ1v) is 8.80. The lowest BCUT2D eigenvalue weighted by molar-refractivity contribution is 0.227. The topological polar surface area (TPSA) is 73.3 Å². The smallest absolute Gasteiger partial charge is 0.134 e. The summed E-state index contributed by atoms with van der Waals surface area (Å²) >= 11 is 0. The molecular weight excluding hydrogens is 302 g/mol. The molecule has 0 amide bonds. The average Bonchev–Trinajstić information content (AvgIpc) is 2.64. The lowest BCUT2D eigenvalue weighted by atomic mass is 10.0. The molecule has 0 bridgehead atoms. The number of aromatic nitrogens is 2. The van der Waals surface area contributed by atoms with Gasteiger partial charge in [-0.05, 0) is 31.9 Å². The number of rotatable bonds is 10. The first-order valence-electron chi connectivity index (χ1n) is 8.80. The molecule has 0 fully saturated rings. The van der Waals surface area contributed by atoms with Gasteiger partial charge >= 0.3 is 0 Å². The Hall–Kier alpha value is -1.92. The van der Waals surface area contributed by atoms with Crippen molar-refractivity contribution in [2.24, 2.45) is 0 Å². The van der Waals surface area contributed by atoms with Gasteiger partial charge in [-0.2, -0.15) is 0 Å². The molecule has 0 unspecified atom stereocenters.